The Morgan fingerprint density at radius 1 is 1.12 bits per heavy atom. The first-order chi connectivity index (χ1) is 11.4. The molecule has 3 aromatic rings. The number of rotatable bonds is 4. The van der Waals surface area contributed by atoms with Crippen LogP contribution in [-0.2, 0) is 28.3 Å². The largest absolute Gasteiger partial charge is 0.349 e. The van der Waals surface area contributed by atoms with Gasteiger partial charge >= 0.3 is 0 Å². The van der Waals surface area contributed by atoms with Gasteiger partial charge < -0.3 is 4.57 Å². The van der Waals surface area contributed by atoms with Crippen molar-refractivity contribution in [1.29, 1.82) is 0 Å². The molecule has 5 nitrogen and oxygen atoms in total. The van der Waals surface area contributed by atoms with E-state index >= 15 is 0 Å². The summed E-state index contributed by atoms with van der Waals surface area (Å²) in [6, 6.07) is 14.3. The molecule has 24 heavy (non-hydrogen) atoms. The number of hydrogen-bond donors (Lipinski definition) is 1. The van der Waals surface area contributed by atoms with Crippen LogP contribution in [0.15, 0.2) is 64.1 Å². The van der Waals surface area contributed by atoms with E-state index in [1.54, 1.807) is 35.9 Å². The molecule has 2 aromatic carbocycles. The third-order valence-electron chi connectivity index (χ3n) is 3.68. The summed E-state index contributed by atoms with van der Waals surface area (Å²) >= 11 is 3.32. The number of nitrogens with zero attached hydrogens (tertiary/aromatic N) is 1. The normalized spacial score (nSPS) is 11.6. The average molecular weight is 407 g/mol. The zero-order valence-corrected chi connectivity index (χ0v) is 15.3. The maximum atomic E-state index is 12.6. The Balaban J connectivity index is 1.85. The van der Waals surface area contributed by atoms with Crippen LogP contribution in [0.1, 0.15) is 5.56 Å². The van der Waals surface area contributed by atoms with Crippen molar-refractivity contribution in [1.82, 2.24) is 9.29 Å². The Labute approximate surface area is 148 Å². The number of sulfonamides is 1. The molecule has 0 radical (unpaired) electrons. The van der Waals surface area contributed by atoms with Gasteiger partial charge in [-0.1, -0.05) is 46.3 Å². The number of hydrogen-bond acceptors (Lipinski definition) is 3. The molecule has 0 bridgehead atoms. The summed E-state index contributed by atoms with van der Waals surface area (Å²) in [6.07, 6.45) is 1.51. The summed E-state index contributed by atoms with van der Waals surface area (Å²) in [4.78, 5) is 12.2. The minimum atomic E-state index is -3.92. The molecule has 1 aromatic heterocycles. The number of carbonyl (C=O) groups excluding carboxylic acids is 1. The standard InChI is InChI=1S/C17H15BrN2O3S/c1-20-11-16(14-4-2-3-5-15(14)20)24(22,23)19-17(21)10-12-6-8-13(18)9-7-12/h2-9,11H,10H2,1H3,(H,19,21). The Bertz CT molecular complexity index is 1010. The molecular formula is C17H15BrN2O3S. The molecule has 0 fully saturated rings. The van der Waals surface area contributed by atoms with Gasteiger partial charge in [-0.05, 0) is 23.8 Å². The zero-order chi connectivity index (χ0) is 17.3. The minimum absolute atomic E-state index is 0.00270. The van der Waals surface area contributed by atoms with Crippen molar-refractivity contribution in [3.8, 4) is 0 Å². The molecule has 0 spiro atoms. The van der Waals surface area contributed by atoms with Gasteiger partial charge in [0, 0.05) is 28.6 Å². The van der Waals surface area contributed by atoms with E-state index in [0.29, 0.717) is 5.39 Å². The molecule has 0 aliphatic rings. The lowest BCUT2D eigenvalue weighted by atomic mass is 10.1. The second-order valence-electron chi connectivity index (χ2n) is 5.45. The maximum absolute atomic E-state index is 12.6. The van der Waals surface area contributed by atoms with Crippen LogP contribution in [0.5, 0.6) is 0 Å². The van der Waals surface area contributed by atoms with Gasteiger partial charge in [0.15, 0.2) is 0 Å². The van der Waals surface area contributed by atoms with Crippen molar-refractivity contribution < 1.29 is 13.2 Å². The summed E-state index contributed by atoms with van der Waals surface area (Å²) in [5.41, 5.74) is 1.53. The van der Waals surface area contributed by atoms with Crippen LogP contribution in [0, 0.1) is 0 Å². The number of nitrogens with one attached hydrogen (secondary N) is 1. The summed E-state index contributed by atoms with van der Waals surface area (Å²) < 4.78 is 29.9. The van der Waals surface area contributed by atoms with Crippen LogP contribution in [-0.4, -0.2) is 18.9 Å². The van der Waals surface area contributed by atoms with Gasteiger partial charge in [-0.15, -0.1) is 0 Å². The van der Waals surface area contributed by atoms with Crippen molar-refractivity contribution in [2.75, 3.05) is 0 Å². The summed E-state index contributed by atoms with van der Waals surface area (Å²) in [5, 5.41) is 0.587. The van der Waals surface area contributed by atoms with Crippen LogP contribution in [0.4, 0.5) is 0 Å². The molecule has 1 amide bonds. The van der Waals surface area contributed by atoms with Crippen molar-refractivity contribution in [3.05, 3.63) is 64.8 Å². The summed E-state index contributed by atoms with van der Waals surface area (Å²) in [6.45, 7) is 0. The number of aryl methyl sites for hydroxylation is 1. The van der Waals surface area contributed by atoms with E-state index in [2.05, 4.69) is 20.7 Å². The second kappa shape index (κ2) is 6.41. The highest BCUT2D eigenvalue weighted by Crippen LogP contribution is 2.24. The van der Waals surface area contributed by atoms with Crippen LogP contribution < -0.4 is 4.72 Å². The van der Waals surface area contributed by atoms with Gasteiger partial charge in [0.25, 0.3) is 10.0 Å². The van der Waals surface area contributed by atoms with E-state index in [1.807, 2.05) is 24.3 Å². The van der Waals surface area contributed by atoms with Crippen molar-refractivity contribution >= 4 is 42.8 Å². The van der Waals surface area contributed by atoms with Gasteiger partial charge in [-0.25, -0.2) is 13.1 Å². The first kappa shape index (κ1) is 16.7. The smallest absolute Gasteiger partial charge is 0.266 e. The Hall–Kier alpha value is -2.12. The number of halogens is 1. The highest BCUT2D eigenvalue weighted by atomic mass is 79.9. The first-order valence-corrected chi connectivity index (χ1v) is 9.48. The highest BCUT2D eigenvalue weighted by molar-refractivity contribution is 9.10. The molecule has 0 saturated carbocycles. The van der Waals surface area contributed by atoms with Crippen molar-refractivity contribution in [2.45, 2.75) is 11.3 Å². The lowest BCUT2D eigenvalue weighted by Gasteiger charge is -2.06. The fourth-order valence-electron chi connectivity index (χ4n) is 2.55. The van der Waals surface area contributed by atoms with Crippen LogP contribution >= 0.6 is 15.9 Å². The van der Waals surface area contributed by atoms with Gasteiger partial charge in [-0.2, -0.15) is 0 Å². The first-order valence-electron chi connectivity index (χ1n) is 7.21. The molecular weight excluding hydrogens is 392 g/mol. The van der Waals surface area contributed by atoms with E-state index < -0.39 is 15.9 Å². The number of aromatic nitrogens is 1. The number of amides is 1. The number of para-hydroxylation sites is 1. The zero-order valence-electron chi connectivity index (χ0n) is 12.9. The van der Waals surface area contributed by atoms with E-state index in [-0.39, 0.29) is 11.3 Å². The molecule has 0 unspecified atom stereocenters. The minimum Gasteiger partial charge on any atom is -0.349 e. The van der Waals surface area contributed by atoms with Crippen LogP contribution in [0.25, 0.3) is 10.9 Å². The molecule has 0 aliphatic heterocycles. The SMILES string of the molecule is Cn1cc(S(=O)(=O)NC(=O)Cc2ccc(Br)cc2)c2ccccc21. The maximum Gasteiger partial charge on any atom is 0.266 e. The van der Waals surface area contributed by atoms with Gasteiger partial charge in [0.1, 0.15) is 4.90 Å². The van der Waals surface area contributed by atoms with Crippen molar-refractivity contribution in [3.63, 3.8) is 0 Å². The van der Waals surface area contributed by atoms with E-state index in [4.69, 9.17) is 0 Å². The Morgan fingerprint density at radius 3 is 2.50 bits per heavy atom. The molecule has 1 N–H and O–H groups in total. The van der Waals surface area contributed by atoms with Crippen molar-refractivity contribution in [2.24, 2.45) is 7.05 Å². The van der Waals surface area contributed by atoms with Crippen LogP contribution in [0.3, 0.4) is 0 Å². The highest BCUT2D eigenvalue weighted by Gasteiger charge is 2.22. The third kappa shape index (κ3) is 3.37. The average Bonchev–Trinajstić information content (AvgIpc) is 2.88. The quantitative estimate of drug-likeness (QED) is 0.723. The predicted molar refractivity (Wildman–Crippen MR) is 96.1 cm³/mol. The lowest BCUT2D eigenvalue weighted by Crippen LogP contribution is -2.31. The number of carbonyl (C=O) groups is 1. The molecule has 1 heterocycles. The Morgan fingerprint density at radius 2 is 1.79 bits per heavy atom. The van der Waals surface area contributed by atoms with Gasteiger partial charge in [-0.3, -0.25) is 4.79 Å². The third-order valence-corrected chi connectivity index (χ3v) is 5.61. The number of fused-ring (bicyclic) bond motifs is 1. The lowest BCUT2D eigenvalue weighted by molar-refractivity contribution is -0.118. The van der Waals surface area contributed by atoms with Crippen LogP contribution in [0.2, 0.25) is 0 Å². The monoisotopic (exact) mass is 406 g/mol. The second-order valence-corrected chi connectivity index (χ2v) is 8.02. The summed E-state index contributed by atoms with van der Waals surface area (Å²) in [7, 11) is -2.15. The topological polar surface area (TPSA) is 68.2 Å². The summed E-state index contributed by atoms with van der Waals surface area (Å²) in [5.74, 6) is -0.565. The van der Waals surface area contributed by atoms with Gasteiger partial charge in [0.05, 0.1) is 6.42 Å². The predicted octanol–water partition coefficient (Wildman–Crippen LogP) is 2.99. The molecule has 0 aliphatic carbocycles. The molecule has 0 saturated heterocycles. The number of benzene rings is 2. The molecule has 3 rings (SSSR count). The molecule has 124 valence electrons. The van der Waals surface area contributed by atoms with E-state index in [1.165, 1.54) is 6.20 Å². The van der Waals surface area contributed by atoms with Gasteiger partial charge in [0.2, 0.25) is 5.91 Å². The Kier molecular flexibility index (Phi) is 4.47. The van der Waals surface area contributed by atoms with E-state index in [9.17, 15) is 13.2 Å². The fourth-order valence-corrected chi connectivity index (χ4v) is 4.05. The fraction of sp³-hybridized carbons (Fsp3) is 0.118. The molecule has 0 atom stereocenters. The van der Waals surface area contributed by atoms with E-state index in [0.717, 1.165) is 15.6 Å². The molecule has 7 heteroatoms.